The molecule has 0 radical (unpaired) electrons. The lowest BCUT2D eigenvalue weighted by atomic mass is 10.2. The molecule has 0 amide bonds. The monoisotopic (exact) mass is 466 g/mol. The van der Waals surface area contributed by atoms with Crippen LogP contribution in [0.3, 0.4) is 0 Å². The van der Waals surface area contributed by atoms with Crippen molar-refractivity contribution >= 4 is 11.9 Å². The summed E-state index contributed by atoms with van der Waals surface area (Å²) in [4.78, 5) is 22.9. The van der Waals surface area contributed by atoms with Crippen molar-refractivity contribution in [1.29, 1.82) is 0 Å². The van der Waals surface area contributed by atoms with Gasteiger partial charge in [0.25, 0.3) is 0 Å². The number of esters is 2. The van der Waals surface area contributed by atoms with E-state index < -0.39 is 23.1 Å². The molecule has 0 saturated heterocycles. The van der Waals surface area contributed by atoms with Crippen LogP contribution in [0.2, 0.25) is 0 Å². The van der Waals surface area contributed by atoms with Gasteiger partial charge < -0.3 is 37.9 Å². The summed E-state index contributed by atoms with van der Waals surface area (Å²) in [5.41, 5.74) is -1.02. The Morgan fingerprint density at radius 2 is 0.656 bits per heavy atom. The second-order valence-corrected chi connectivity index (χ2v) is 8.73. The molecule has 0 aromatic heterocycles. The molecule has 0 aliphatic heterocycles. The third kappa shape index (κ3) is 25.0. The molecule has 0 bridgehead atoms. The highest BCUT2D eigenvalue weighted by molar-refractivity contribution is 5.71. The molecule has 0 spiro atoms. The highest BCUT2D eigenvalue weighted by atomic mass is 16.6. The highest BCUT2D eigenvalue weighted by Gasteiger charge is 2.16. The van der Waals surface area contributed by atoms with E-state index in [1.165, 1.54) is 0 Å². The quantitative estimate of drug-likeness (QED) is 0.206. The molecule has 190 valence electrons. The standard InChI is InChI=1S/C22H42O10/c1-21(2,3)31-19(23)17-29-15-13-27-11-9-25-7-8-26-10-12-28-14-16-30-18-20(24)32-22(4,5)6/h7-18H2,1-6H3. The smallest absolute Gasteiger partial charge is 0.332 e. The Kier molecular flexibility index (Phi) is 17.4. The maximum Gasteiger partial charge on any atom is 0.332 e. The van der Waals surface area contributed by atoms with Gasteiger partial charge in [-0.25, -0.2) is 9.59 Å². The number of ether oxygens (including phenoxy) is 8. The van der Waals surface area contributed by atoms with E-state index in [9.17, 15) is 9.59 Å². The van der Waals surface area contributed by atoms with Gasteiger partial charge >= 0.3 is 11.9 Å². The molecule has 0 aliphatic rings. The summed E-state index contributed by atoms with van der Waals surface area (Å²) >= 11 is 0. The van der Waals surface area contributed by atoms with E-state index in [-0.39, 0.29) is 13.2 Å². The average Bonchev–Trinajstić information content (AvgIpc) is 2.64. The number of carbonyl (C=O) groups is 2. The molecular formula is C22H42O10. The normalized spacial score (nSPS) is 12.1. The first-order valence-electron chi connectivity index (χ1n) is 10.9. The zero-order valence-electron chi connectivity index (χ0n) is 20.6. The number of carbonyl (C=O) groups excluding carboxylic acids is 2. The minimum absolute atomic E-state index is 0.0860. The average molecular weight is 467 g/mol. The van der Waals surface area contributed by atoms with E-state index in [2.05, 4.69) is 0 Å². The minimum atomic E-state index is -0.509. The van der Waals surface area contributed by atoms with E-state index in [4.69, 9.17) is 37.9 Å². The van der Waals surface area contributed by atoms with Crippen LogP contribution in [0, 0.1) is 0 Å². The zero-order valence-corrected chi connectivity index (χ0v) is 20.6. The van der Waals surface area contributed by atoms with Crippen LogP contribution >= 0.6 is 0 Å². The fraction of sp³-hybridized carbons (Fsp3) is 0.909. The lowest BCUT2D eigenvalue weighted by Crippen LogP contribution is -2.27. The Balaban J connectivity index is 3.23. The zero-order chi connectivity index (χ0) is 24.3. The fourth-order valence-electron chi connectivity index (χ4n) is 2.05. The molecule has 0 unspecified atom stereocenters. The van der Waals surface area contributed by atoms with E-state index in [1.807, 2.05) is 0 Å². The van der Waals surface area contributed by atoms with Crippen LogP contribution in [0.4, 0.5) is 0 Å². The van der Waals surface area contributed by atoms with Crippen molar-refractivity contribution in [3.63, 3.8) is 0 Å². The molecule has 0 rings (SSSR count). The predicted octanol–water partition coefficient (Wildman–Crippen LogP) is 1.77. The maximum atomic E-state index is 11.4. The third-order valence-corrected chi connectivity index (χ3v) is 3.14. The van der Waals surface area contributed by atoms with Crippen molar-refractivity contribution in [2.24, 2.45) is 0 Å². The second kappa shape index (κ2) is 18.2. The summed E-state index contributed by atoms with van der Waals surface area (Å²) < 4.78 is 42.1. The Hall–Kier alpha value is -1.30. The first kappa shape index (κ1) is 30.7. The Morgan fingerprint density at radius 3 is 0.875 bits per heavy atom. The summed E-state index contributed by atoms with van der Waals surface area (Å²) in [5.74, 6) is -0.782. The number of hydrogen-bond donors (Lipinski definition) is 0. The van der Waals surface area contributed by atoms with Gasteiger partial charge in [0.05, 0.1) is 66.1 Å². The van der Waals surface area contributed by atoms with Gasteiger partial charge in [-0.15, -0.1) is 0 Å². The second-order valence-electron chi connectivity index (χ2n) is 8.73. The van der Waals surface area contributed by atoms with Crippen molar-refractivity contribution in [2.75, 3.05) is 79.3 Å². The lowest BCUT2D eigenvalue weighted by Gasteiger charge is -2.19. The van der Waals surface area contributed by atoms with Gasteiger partial charge in [0.2, 0.25) is 0 Å². The van der Waals surface area contributed by atoms with Crippen LogP contribution in [0.5, 0.6) is 0 Å². The first-order chi connectivity index (χ1) is 15.0. The van der Waals surface area contributed by atoms with Gasteiger partial charge in [-0.1, -0.05) is 0 Å². The molecule has 32 heavy (non-hydrogen) atoms. The Labute approximate surface area is 192 Å². The van der Waals surface area contributed by atoms with Crippen molar-refractivity contribution in [3.8, 4) is 0 Å². The van der Waals surface area contributed by atoms with Gasteiger partial charge in [0.1, 0.15) is 24.4 Å². The summed E-state index contributed by atoms with van der Waals surface area (Å²) in [5, 5.41) is 0. The molecule has 10 heteroatoms. The van der Waals surface area contributed by atoms with Gasteiger partial charge in [0, 0.05) is 0 Å². The van der Waals surface area contributed by atoms with Crippen LogP contribution < -0.4 is 0 Å². The van der Waals surface area contributed by atoms with Crippen LogP contribution in [0.15, 0.2) is 0 Å². The van der Waals surface area contributed by atoms with Crippen molar-refractivity contribution in [3.05, 3.63) is 0 Å². The molecule has 0 heterocycles. The number of rotatable bonds is 19. The van der Waals surface area contributed by atoms with Crippen molar-refractivity contribution in [1.82, 2.24) is 0 Å². The Bertz CT molecular complexity index is 438. The van der Waals surface area contributed by atoms with Crippen LogP contribution in [0.1, 0.15) is 41.5 Å². The molecule has 0 aliphatic carbocycles. The van der Waals surface area contributed by atoms with Crippen molar-refractivity contribution in [2.45, 2.75) is 52.7 Å². The molecule has 0 saturated carbocycles. The first-order valence-corrected chi connectivity index (χ1v) is 10.9. The van der Waals surface area contributed by atoms with Crippen LogP contribution in [-0.2, 0) is 47.5 Å². The van der Waals surface area contributed by atoms with Gasteiger partial charge in [-0.3, -0.25) is 0 Å². The van der Waals surface area contributed by atoms with Crippen LogP contribution in [-0.4, -0.2) is 102 Å². The molecule has 0 atom stereocenters. The van der Waals surface area contributed by atoms with E-state index in [0.29, 0.717) is 66.1 Å². The Morgan fingerprint density at radius 1 is 0.438 bits per heavy atom. The molecule has 0 aromatic carbocycles. The maximum absolute atomic E-state index is 11.4. The van der Waals surface area contributed by atoms with Crippen LogP contribution in [0.25, 0.3) is 0 Å². The van der Waals surface area contributed by atoms with Gasteiger partial charge in [-0.05, 0) is 41.5 Å². The predicted molar refractivity (Wildman–Crippen MR) is 117 cm³/mol. The fourth-order valence-corrected chi connectivity index (χ4v) is 2.05. The van der Waals surface area contributed by atoms with E-state index >= 15 is 0 Å². The topological polar surface area (TPSA) is 108 Å². The lowest BCUT2D eigenvalue weighted by molar-refractivity contribution is -0.161. The third-order valence-electron chi connectivity index (χ3n) is 3.14. The molecular weight excluding hydrogens is 424 g/mol. The summed E-state index contributed by atoms with van der Waals surface area (Å²) in [6.45, 7) is 14.7. The summed E-state index contributed by atoms with van der Waals surface area (Å²) in [6.07, 6.45) is 0. The van der Waals surface area contributed by atoms with Gasteiger partial charge in [0.15, 0.2) is 0 Å². The highest BCUT2D eigenvalue weighted by Crippen LogP contribution is 2.07. The molecule has 0 fully saturated rings. The number of hydrogen-bond acceptors (Lipinski definition) is 10. The molecule has 0 N–H and O–H groups in total. The van der Waals surface area contributed by atoms with E-state index in [1.54, 1.807) is 41.5 Å². The summed E-state index contributed by atoms with van der Waals surface area (Å²) in [7, 11) is 0. The molecule has 0 aromatic rings. The summed E-state index contributed by atoms with van der Waals surface area (Å²) in [6, 6.07) is 0. The minimum Gasteiger partial charge on any atom is -0.458 e. The largest absolute Gasteiger partial charge is 0.458 e. The van der Waals surface area contributed by atoms with Crippen molar-refractivity contribution < 1.29 is 47.5 Å². The van der Waals surface area contributed by atoms with Gasteiger partial charge in [-0.2, -0.15) is 0 Å². The molecule has 10 nitrogen and oxygen atoms in total. The van der Waals surface area contributed by atoms with E-state index in [0.717, 1.165) is 0 Å². The SMILES string of the molecule is CC(C)(C)OC(=O)COCCOCCOCCOCCOCCOCC(=O)OC(C)(C)C.